The lowest BCUT2D eigenvalue weighted by Gasteiger charge is -2.03. The number of benzene rings is 5. The second kappa shape index (κ2) is 9.18. The van der Waals surface area contributed by atoms with Crippen molar-refractivity contribution in [1.82, 2.24) is 0 Å². The van der Waals surface area contributed by atoms with E-state index in [1.165, 1.54) is 112 Å². The van der Waals surface area contributed by atoms with Crippen molar-refractivity contribution in [2.24, 2.45) is 0 Å². The van der Waals surface area contributed by atoms with Gasteiger partial charge in [-0.2, -0.15) is 0 Å². The highest BCUT2D eigenvalue weighted by Gasteiger charge is 2.12. The van der Waals surface area contributed by atoms with Crippen LogP contribution in [0.5, 0.6) is 0 Å². The van der Waals surface area contributed by atoms with Gasteiger partial charge in [-0.25, -0.2) is 0 Å². The van der Waals surface area contributed by atoms with Crippen molar-refractivity contribution in [2.75, 3.05) is 0 Å². The van der Waals surface area contributed by atoms with Crippen LogP contribution in [0, 0.1) is 0 Å². The minimum atomic E-state index is 1.21. The third-order valence-corrected chi connectivity index (χ3v) is 10.0. The van der Waals surface area contributed by atoms with Gasteiger partial charge in [-0.05, 0) is 82.4 Å². The molecule has 0 aliphatic rings. The van der Waals surface area contributed by atoms with Crippen LogP contribution >= 0.6 is 22.7 Å². The van der Waals surface area contributed by atoms with Crippen LogP contribution in [0.25, 0.3) is 61.9 Å². The summed E-state index contributed by atoms with van der Waals surface area (Å²) in [6, 6.07) is 30.3. The minimum Gasteiger partial charge on any atom is -0.135 e. The highest BCUT2D eigenvalue weighted by Crippen LogP contribution is 2.43. The van der Waals surface area contributed by atoms with Crippen molar-refractivity contribution in [3.63, 3.8) is 0 Å². The van der Waals surface area contributed by atoms with Crippen LogP contribution in [-0.2, 0) is 6.42 Å². The van der Waals surface area contributed by atoms with E-state index >= 15 is 0 Å². The Bertz CT molecular complexity index is 1880. The molecule has 0 amide bonds. The largest absolute Gasteiger partial charge is 0.135 e. The molecule has 0 N–H and O–H groups in total. The highest BCUT2D eigenvalue weighted by molar-refractivity contribution is 7.27. The Morgan fingerprint density at radius 1 is 0.472 bits per heavy atom. The smallest absolute Gasteiger partial charge is 0.0362 e. The van der Waals surface area contributed by atoms with Gasteiger partial charge in [-0.3, -0.25) is 0 Å². The first-order valence-corrected chi connectivity index (χ1v) is 15.0. The van der Waals surface area contributed by atoms with Gasteiger partial charge >= 0.3 is 0 Å². The lowest BCUT2D eigenvalue weighted by atomic mass is 10.0. The van der Waals surface area contributed by atoms with Crippen molar-refractivity contribution in [2.45, 2.75) is 51.9 Å². The van der Waals surface area contributed by atoms with E-state index in [0.717, 1.165) is 0 Å². The predicted molar refractivity (Wildman–Crippen MR) is 164 cm³/mol. The van der Waals surface area contributed by atoms with Gasteiger partial charge in [0, 0.05) is 40.3 Å². The summed E-state index contributed by atoms with van der Waals surface area (Å²) in [4.78, 5) is 0. The van der Waals surface area contributed by atoms with Gasteiger partial charge in [0.05, 0.1) is 0 Å². The van der Waals surface area contributed by atoms with E-state index in [9.17, 15) is 0 Å². The molecular weight excluding hydrogens is 473 g/mol. The van der Waals surface area contributed by atoms with E-state index in [1.807, 2.05) is 22.7 Å². The number of thiophene rings is 2. The average Bonchev–Trinajstić information content (AvgIpc) is 3.42. The van der Waals surface area contributed by atoms with E-state index in [0.29, 0.717) is 0 Å². The molecule has 178 valence electrons. The Labute approximate surface area is 220 Å². The Morgan fingerprint density at radius 2 is 1.06 bits per heavy atom. The molecule has 0 nitrogen and oxygen atoms in total. The molecule has 5 aromatic carbocycles. The summed E-state index contributed by atoms with van der Waals surface area (Å²) in [6.45, 7) is 2.29. The third-order valence-electron chi connectivity index (χ3n) is 7.77. The average molecular weight is 503 g/mol. The standard InChI is InChI=1S/C34H30S2/c1-2-3-4-5-6-7-10-22-13-14-27-29-20-34-30(21-33(29)35-31(27)15-22)28-18-25-16-23-11-8-9-12-24(23)17-26(25)19-32(28)36-34/h8-9,11-21H,2-7,10H2,1H3. The van der Waals surface area contributed by atoms with Crippen molar-refractivity contribution < 1.29 is 0 Å². The van der Waals surface area contributed by atoms with Crippen molar-refractivity contribution >= 4 is 84.6 Å². The van der Waals surface area contributed by atoms with Gasteiger partial charge in [0.1, 0.15) is 0 Å². The molecule has 2 aromatic heterocycles. The van der Waals surface area contributed by atoms with Crippen LogP contribution in [0.2, 0.25) is 0 Å². The molecule has 0 radical (unpaired) electrons. The van der Waals surface area contributed by atoms with E-state index in [4.69, 9.17) is 0 Å². The van der Waals surface area contributed by atoms with Gasteiger partial charge < -0.3 is 0 Å². The summed E-state index contributed by atoms with van der Waals surface area (Å²) in [5, 5.41) is 10.9. The van der Waals surface area contributed by atoms with Crippen molar-refractivity contribution in [1.29, 1.82) is 0 Å². The van der Waals surface area contributed by atoms with Gasteiger partial charge in [0.2, 0.25) is 0 Å². The van der Waals surface area contributed by atoms with E-state index < -0.39 is 0 Å². The summed E-state index contributed by atoms with van der Waals surface area (Å²) >= 11 is 3.90. The van der Waals surface area contributed by atoms with Gasteiger partial charge in [-0.1, -0.05) is 75.4 Å². The molecule has 2 heterocycles. The van der Waals surface area contributed by atoms with Gasteiger partial charge in [0.15, 0.2) is 0 Å². The first-order valence-electron chi connectivity index (χ1n) is 13.4. The number of hydrogen-bond acceptors (Lipinski definition) is 2. The summed E-state index contributed by atoms with van der Waals surface area (Å²) in [7, 11) is 0. The number of rotatable bonds is 7. The molecule has 0 atom stereocenters. The molecule has 7 rings (SSSR count). The molecule has 0 fully saturated rings. The molecule has 0 aliphatic carbocycles. The zero-order chi connectivity index (χ0) is 24.1. The Balaban J connectivity index is 1.27. The number of aryl methyl sites for hydroxylation is 1. The summed E-state index contributed by atoms with van der Waals surface area (Å²) in [5.74, 6) is 0. The fourth-order valence-electron chi connectivity index (χ4n) is 5.79. The number of unbranched alkanes of at least 4 members (excludes halogenated alkanes) is 5. The first-order chi connectivity index (χ1) is 17.8. The minimum absolute atomic E-state index is 1.21. The molecular formula is C34H30S2. The SMILES string of the molecule is CCCCCCCCc1ccc2c(c1)sc1cc3c(cc12)sc1cc2cc4ccccc4cc2cc13. The number of hydrogen-bond donors (Lipinski definition) is 0. The molecule has 2 heteroatoms. The quantitative estimate of drug-likeness (QED) is 0.150. The van der Waals surface area contributed by atoms with E-state index in [1.54, 1.807) is 0 Å². The van der Waals surface area contributed by atoms with Crippen molar-refractivity contribution in [3.8, 4) is 0 Å². The summed E-state index contributed by atoms with van der Waals surface area (Å²) < 4.78 is 5.63. The fourth-order valence-corrected chi connectivity index (χ4v) is 8.14. The maximum Gasteiger partial charge on any atom is 0.0362 e. The molecule has 7 aromatic rings. The molecule has 0 bridgehead atoms. The maximum absolute atomic E-state index is 2.46. The molecule has 36 heavy (non-hydrogen) atoms. The Kier molecular flexibility index (Phi) is 5.68. The van der Waals surface area contributed by atoms with Gasteiger partial charge in [0.25, 0.3) is 0 Å². The lowest BCUT2D eigenvalue weighted by Crippen LogP contribution is -1.86. The second-order valence-corrected chi connectivity index (χ2v) is 12.5. The zero-order valence-electron chi connectivity index (χ0n) is 20.8. The lowest BCUT2D eigenvalue weighted by molar-refractivity contribution is 0.607. The van der Waals surface area contributed by atoms with Crippen LogP contribution in [0.3, 0.4) is 0 Å². The van der Waals surface area contributed by atoms with Crippen LogP contribution < -0.4 is 0 Å². The van der Waals surface area contributed by atoms with Crippen LogP contribution in [0.1, 0.15) is 51.0 Å². The van der Waals surface area contributed by atoms with E-state index in [-0.39, 0.29) is 0 Å². The monoisotopic (exact) mass is 502 g/mol. The van der Waals surface area contributed by atoms with Crippen LogP contribution in [0.15, 0.2) is 78.9 Å². The summed E-state index contributed by atoms with van der Waals surface area (Å²) in [6.07, 6.45) is 9.36. The molecule has 0 aliphatic heterocycles. The fraction of sp³-hybridized carbons (Fsp3) is 0.235. The highest BCUT2D eigenvalue weighted by atomic mass is 32.1. The maximum atomic E-state index is 2.46. The zero-order valence-corrected chi connectivity index (χ0v) is 22.4. The van der Waals surface area contributed by atoms with E-state index in [2.05, 4.69) is 85.8 Å². The van der Waals surface area contributed by atoms with Crippen LogP contribution in [-0.4, -0.2) is 0 Å². The predicted octanol–water partition coefficient (Wildman–Crippen LogP) is 11.6. The first kappa shape index (κ1) is 22.3. The van der Waals surface area contributed by atoms with Crippen molar-refractivity contribution in [3.05, 3.63) is 84.4 Å². The molecule has 0 saturated carbocycles. The van der Waals surface area contributed by atoms with Gasteiger partial charge in [-0.15, -0.1) is 22.7 Å². The second-order valence-electron chi connectivity index (χ2n) is 10.3. The topological polar surface area (TPSA) is 0 Å². The normalized spacial score (nSPS) is 12.2. The Morgan fingerprint density at radius 3 is 1.81 bits per heavy atom. The molecule has 0 unspecified atom stereocenters. The number of fused-ring (bicyclic) bond motifs is 8. The Hall–Kier alpha value is -2.94. The molecule has 0 saturated heterocycles. The third kappa shape index (κ3) is 3.88. The molecule has 0 spiro atoms. The summed E-state index contributed by atoms with van der Waals surface area (Å²) in [5.41, 5.74) is 1.50. The van der Waals surface area contributed by atoms with Crippen LogP contribution in [0.4, 0.5) is 0 Å².